The van der Waals surface area contributed by atoms with Crippen molar-refractivity contribution in [3.8, 4) is 44.1 Å². The third kappa shape index (κ3) is 10.1. The van der Waals surface area contributed by atoms with E-state index in [0.29, 0.717) is 34.6 Å². The molecule has 0 atom stereocenters. The molecule has 0 unspecified atom stereocenters. The van der Waals surface area contributed by atoms with Crippen LogP contribution in [0.2, 0.25) is 0 Å². The number of azo groups is 1. The van der Waals surface area contributed by atoms with Crippen LogP contribution in [0.25, 0.3) is 41.6 Å². The molecule has 0 spiro atoms. The quantitative estimate of drug-likeness (QED) is 0.112. The molecule has 6 aromatic carbocycles. The molecule has 58 heavy (non-hydrogen) atoms. The summed E-state index contributed by atoms with van der Waals surface area (Å²) < 4.78 is 48.7. The van der Waals surface area contributed by atoms with Crippen LogP contribution < -0.4 is 15.2 Å². The van der Waals surface area contributed by atoms with Crippen LogP contribution in [0.5, 0.6) is 23.0 Å². The van der Waals surface area contributed by atoms with E-state index in [2.05, 4.69) is 59.4 Å². The smallest absolute Gasteiger partial charge is 0.416 e. The van der Waals surface area contributed by atoms with E-state index in [4.69, 9.17) is 25.3 Å². The Labute approximate surface area is 340 Å². The number of nitrogens with two attached hydrogens (primary N) is 1. The lowest BCUT2D eigenvalue weighted by Gasteiger charge is -2.06. The monoisotopic (exact) mass is 821 g/mol. The van der Waals surface area contributed by atoms with Crippen LogP contribution in [0.3, 0.4) is 0 Å². The Morgan fingerprint density at radius 2 is 1.14 bits per heavy atom. The molecule has 8 rings (SSSR count). The summed E-state index contributed by atoms with van der Waals surface area (Å²) in [5.74, 6) is 1.16. The molecule has 4 N–H and O–H groups in total. The van der Waals surface area contributed by atoms with Crippen molar-refractivity contribution in [3.63, 3.8) is 0 Å². The average molecular weight is 822 g/mol. The minimum atomic E-state index is -4.38. The van der Waals surface area contributed by atoms with Gasteiger partial charge < -0.3 is 25.4 Å². The van der Waals surface area contributed by atoms with Crippen molar-refractivity contribution in [1.29, 1.82) is 0 Å². The Hall–Kier alpha value is -6.51. The SMILES string of the molecule is COc1cc(-c2nc3ccc(C)cc3s2)ccc1N.COc1cc(-c2nc3ccc(C)cc3s2)ccc1N=Nc1ccc(O)cc1C.Oc1cccc(C(F)(F)F)c1. The van der Waals surface area contributed by atoms with E-state index in [0.717, 1.165) is 49.9 Å². The van der Waals surface area contributed by atoms with E-state index in [1.807, 2.05) is 49.4 Å². The van der Waals surface area contributed by atoms with Gasteiger partial charge in [0.05, 0.1) is 51.6 Å². The van der Waals surface area contributed by atoms with Gasteiger partial charge in [0.1, 0.15) is 38.7 Å². The number of nitrogens with zero attached hydrogens (tertiary/aromatic N) is 4. The predicted octanol–water partition coefficient (Wildman–Crippen LogP) is 13.0. The lowest BCUT2D eigenvalue weighted by Crippen LogP contribution is -2.03. The number of aromatic hydroxyl groups is 2. The fraction of sp³-hybridized carbons (Fsp3) is 0.136. The van der Waals surface area contributed by atoms with Crippen molar-refractivity contribution < 1.29 is 32.9 Å². The van der Waals surface area contributed by atoms with E-state index < -0.39 is 11.7 Å². The highest BCUT2D eigenvalue weighted by Gasteiger charge is 2.30. The first-order chi connectivity index (χ1) is 27.7. The van der Waals surface area contributed by atoms with Crippen LogP contribution in [0.4, 0.5) is 30.2 Å². The lowest BCUT2D eigenvalue weighted by molar-refractivity contribution is -0.137. The zero-order valence-corrected chi connectivity index (χ0v) is 33.6. The van der Waals surface area contributed by atoms with Gasteiger partial charge in [0, 0.05) is 11.1 Å². The first-order valence-corrected chi connectivity index (χ1v) is 19.3. The van der Waals surface area contributed by atoms with Crippen molar-refractivity contribution in [2.45, 2.75) is 26.9 Å². The third-order valence-electron chi connectivity index (χ3n) is 8.61. The molecule has 0 saturated heterocycles. The zero-order chi connectivity index (χ0) is 41.6. The van der Waals surface area contributed by atoms with Gasteiger partial charge in [0.25, 0.3) is 0 Å². The Kier molecular flexibility index (Phi) is 12.6. The summed E-state index contributed by atoms with van der Waals surface area (Å²) in [5, 5.41) is 28.7. The van der Waals surface area contributed by atoms with Crippen molar-refractivity contribution in [3.05, 3.63) is 138 Å². The summed E-state index contributed by atoms with van der Waals surface area (Å²) >= 11 is 3.34. The minimum absolute atomic E-state index is 0.212. The molecular formula is C44H38F3N5O4S2. The molecule has 2 heterocycles. The number of fused-ring (bicyclic) bond motifs is 2. The topological polar surface area (TPSA) is 135 Å². The molecule has 8 aromatic rings. The summed E-state index contributed by atoms with van der Waals surface area (Å²) in [7, 11) is 3.24. The van der Waals surface area contributed by atoms with Gasteiger partial charge in [0.15, 0.2) is 0 Å². The van der Waals surface area contributed by atoms with Gasteiger partial charge >= 0.3 is 6.18 Å². The number of aryl methyl sites for hydroxylation is 3. The number of hydrogen-bond donors (Lipinski definition) is 3. The van der Waals surface area contributed by atoms with Gasteiger partial charge in [-0.25, -0.2) is 9.97 Å². The molecule has 0 amide bonds. The molecule has 0 radical (unpaired) electrons. The first-order valence-electron chi connectivity index (χ1n) is 17.6. The predicted molar refractivity (Wildman–Crippen MR) is 227 cm³/mol. The Balaban J connectivity index is 0.000000163. The van der Waals surface area contributed by atoms with E-state index in [1.54, 1.807) is 55.1 Å². The third-order valence-corrected chi connectivity index (χ3v) is 10.7. The van der Waals surface area contributed by atoms with Crippen LogP contribution in [0.1, 0.15) is 22.3 Å². The Morgan fingerprint density at radius 3 is 1.67 bits per heavy atom. The number of phenolic OH excluding ortho intramolecular Hbond substituents is 2. The summed E-state index contributed by atoms with van der Waals surface area (Å²) in [6.07, 6.45) is -4.38. The standard InChI is InChI=1S/C22H19N3O2S.C15H14N2OS.C7H5F3O/c1-13-4-7-19-21(10-13)28-22(23-19)15-5-8-18(20(12-15)27-3)25-24-17-9-6-16(26)11-14(17)2;1-9-3-6-12-14(7-9)19-15(17-12)10-4-5-11(16)13(8-10)18-2;8-7(9,10)5-2-1-3-6(11)4-5/h4-12,26H,1-3H3;3-8H,16H2,1-2H3;1-4,11H. The van der Waals surface area contributed by atoms with Gasteiger partial charge in [-0.3, -0.25) is 0 Å². The summed E-state index contributed by atoms with van der Waals surface area (Å²) in [5.41, 5.74) is 14.3. The van der Waals surface area contributed by atoms with Gasteiger partial charge in [0.2, 0.25) is 0 Å². The number of benzene rings is 6. The number of methoxy groups -OCH3 is 2. The number of aromatic nitrogens is 2. The van der Waals surface area contributed by atoms with Crippen LogP contribution in [-0.4, -0.2) is 34.4 Å². The summed E-state index contributed by atoms with van der Waals surface area (Å²) in [6.45, 7) is 6.05. The fourth-order valence-corrected chi connectivity index (χ4v) is 7.71. The molecule has 2 aromatic heterocycles. The maximum atomic E-state index is 11.9. The van der Waals surface area contributed by atoms with Gasteiger partial charge in [-0.2, -0.15) is 18.3 Å². The molecule has 0 aliphatic rings. The number of anilines is 1. The van der Waals surface area contributed by atoms with Crippen LogP contribution in [0, 0.1) is 20.8 Å². The highest BCUT2D eigenvalue weighted by atomic mass is 32.1. The van der Waals surface area contributed by atoms with E-state index in [1.165, 1.54) is 26.6 Å². The summed E-state index contributed by atoms with van der Waals surface area (Å²) in [4.78, 5) is 9.38. The second kappa shape index (κ2) is 17.7. The van der Waals surface area contributed by atoms with Crippen molar-refractivity contribution in [2.24, 2.45) is 10.2 Å². The number of thiazole rings is 2. The molecular weight excluding hydrogens is 784 g/mol. The summed E-state index contributed by atoms with van der Waals surface area (Å²) in [6, 6.07) is 33.0. The van der Waals surface area contributed by atoms with Crippen molar-refractivity contribution in [2.75, 3.05) is 20.0 Å². The zero-order valence-electron chi connectivity index (χ0n) is 32.0. The van der Waals surface area contributed by atoms with Crippen molar-refractivity contribution >= 4 is 60.2 Å². The maximum Gasteiger partial charge on any atom is 0.416 e. The number of halogens is 3. The molecule has 9 nitrogen and oxygen atoms in total. The highest BCUT2D eigenvalue weighted by molar-refractivity contribution is 7.22. The number of ether oxygens (including phenoxy) is 2. The maximum absolute atomic E-state index is 11.9. The Morgan fingerprint density at radius 1 is 0.603 bits per heavy atom. The molecule has 0 bridgehead atoms. The molecule has 14 heteroatoms. The van der Waals surface area contributed by atoms with Gasteiger partial charge in [-0.1, -0.05) is 18.2 Å². The number of alkyl halides is 3. The average Bonchev–Trinajstić information content (AvgIpc) is 3.82. The van der Waals surface area contributed by atoms with Crippen molar-refractivity contribution in [1.82, 2.24) is 9.97 Å². The molecule has 296 valence electrons. The van der Waals surface area contributed by atoms with Crippen LogP contribution in [-0.2, 0) is 6.18 Å². The van der Waals surface area contributed by atoms with E-state index in [9.17, 15) is 18.3 Å². The number of hydrogen-bond acceptors (Lipinski definition) is 11. The second-order valence-electron chi connectivity index (χ2n) is 13.0. The normalized spacial score (nSPS) is 11.2. The van der Waals surface area contributed by atoms with Crippen LogP contribution in [0.15, 0.2) is 125 Å². The van der Waals surface area contributed by atoms with Crippen LogP contribution >= 0.6 is 22.7 Å². The molecule has 0 saturated carbocycles. The number of nitrogen functional groups attached to an aromatic ring is 1. The number of phenols is 2. The first kappa shape index (κ1) is 41.1. The van der Waals surface area contributed by atoms with E-state index >= 15 is 0 Å². The second-order valence-corrected chi connectivity index (χ2v) is 15.1. The van der Waals surface area contributed by atoms with Gasteiger partial charge in [-0.05, 0) is 135 Å². The largest absolute Gasteiger partial charge is 0.508 e. The molecule has 0 fully saturated rings. The Bertz CT molecular complexity index is 2750. The molecule has 0 aliphatic heterocycles. The number of rotatable bonds is 6. The van der Waals surface area contributed by atoms with Gasteiger partial charge in [-0.15, -0.1) is 27.8 Å². The lowest BCUT2D eigenvalue weighted by atomic mass is 10.2. The minimum Gasteiger partial charge on any atom is -0.508 e. The van der Waals surface area contributed by atoms with E-state index in [-0.39, 0.29) is 11.5 Å². The fourth-order valence-electron chi connectivity index (χ4n) is 5.59. The highest BCUT2D eigenvalue weighted by Crippen LogP contribution is 2.38. The molecule has 0 aliphatic carbocycles.